The fourth-order valence-corrected chi connectivity index (χ4v) is 9.14. The third-order valence-electron chi connectivity index (χ3n) is 13.0. The first kappa shape index (κ1) is 43.8. The van der Waals surface area contributed by atoms with E-state index in [0.29, 0.717) is 24.3 Å². The number of nitrogens with one attached hydrogen (secondary N) is 3. The number of hydrogen-bond donors (Lipinski definition) is 3. The lowest BCUT2D eigenvalue weighted by atomic mass is 9.94. The molecule has 5 amide bonds. The molecule has 4 fully saturated rings. The van der Waals surface area contributed by atoms with Crippen molar-refractivity contribution in [1.82, 2.24) is 25.8 Å². The zero-order valence-electron chi connectivity index (χ0n) is 35.8. The molecular formula is C49H63N5O7. The standard InChI is InChI=1S/C49H63N5O7/c1-3-4-5-6-7-8-9-10-17-26-61-49(59)52-43-31-54(32-44(43)60-2)48(58)36-24-22-35(23-25-36)47(57)53-29-39(45(55)50-41-27-37(41)33-18-13-11-14-19-33)40(30-53)46(56)51-42-28-38(42)34-20-15-12-16-21-34/h11-16,18-25,37-44H,3-10,17,26-32H2,1-2H3,(H,50,55)(H,51,56)(H,52,59)/t37-,38-,39-,40-,41+,42+,43+,44+/m1/s1. The maximum atomic E-state index is 14.0. The van der Waals surface area contributed by atoms with Crippen LogP contribution in [0.3, 0.4) is 0 Å². The van der Waals surface area contributed by atoms with E-state index in [1.54, 1.807) is 41.2 Å². The van der Waals surface area contributed by atoms with Crippen LogP contribution in [-0.4, -0.2) is 104 Å². The number of ether oxygens (including phenoxy) is 2. The van der Waals surface area contributed by atoms with Gasteiger partial charge < -0.3 is 35.2 Å². The monoisotopic (exact) mass is 833 g/mol. The van der Waals surface area contributed by atoms with E-state index in [0.717, 1.165) is 32.1 Å². The molecule has 2 aliphatic heterocycles. The molecule has 8 atom stereocenters. The van der Waals surface area contributed by atoms with Crippen LogP contribution >= 0.6 is 0 Å². The van der Waals surface area contributed by atoms with Crippen molar-refractivity contribution in [3.63, 3.8) is 0 Å². The number of carbonyl (C=O) groups is 5. The molecule has 12 nitrogen and oxygen atoms in total. The molecule has 3 N–H and O–H groups in total. The Morgan fingerprint density at radius 1 is 0.557 bits per heavy atom. The van der Waals surface area contributed by atoms with Crippen LogP contribution in [0.4, 0.5) is 4.79 Å². The molecule has 3 aromatic rings. The molecule has 7 rings (SSSR count). The Kier molecular flexibility index (Phi) is 15.1. The van der Waals surface area contributed by atoms with Gasteiger partial charge in [-0.15, -0.1) is 0 Å². The first-order valence-corrected chi connectivity index (χ1v) is 22.6. The van der Waals surface area contributed by atoms with Crippen LogP contribution in [0.2, 0.25) is 0 Å². The molecule has 12 heteroatoms. The Bertz CT molecular complexity index is 1870. The largest absolute Gasteiger partial charge is 0.450 e. The molecule has 0 aromatic heterocycles. The first-order valence-electron chi connectivity index (χ1n) is 22.6. The van der Waals surface area contributed by atoms with Crippen LogP contribution in [0.5, 0.6) is 0 Å². The van der Waals surface area contributed by atoms with E-state index in [1.807, 2.05) is 36.4 Å². The summed E-state index contributed by atoms with van der Waals surface area (Å²) in [4.78, 5) is 71.2. The number of likely N-dealkylation sites (tertiary alicyclic amines) is 2. The van der Waals surface area contributed by atoms with E-state index >= 15 is 0 Å². The predicted molar refractivity (Wildman–Crippen MR) is 233 cm³/mol. The quantitative estimate of drug-likeness (QED) is 0.106. The molecule has 2 saturated heterocycles. The van der Waals surface area contributed by atoms with Crippen molar-refractivity contribution in [3.05, 3.63) is 107 Å². The van der Waals surface area contributed by atoms with Crippen molar-refractivity contribution < 1.29 is 33.4 Å². The average molecular weight is 834 g/mol. The molecule has 0 radical (unpaired) electrons. The minimum absolute atomic E-state index is 0.0108. The number of benzene rings is 3. The molecule has 2 saturated carbocycles. The highest BCUT2D eigenvalue weighted by Crippen LogP contribution is 2.42. The van der Waals surface area contributed by atoms with Crippen molar-refractivity contribution in [3.8, 4) is 0 Å². The van der Waals surface area contributed by atoms with Crippen molar-refractivity contribution >= 4 is 29.7 Å². The minimum Gasteiger partial charge on any atom is -0.450 e. The molecule has 3 aromatic carbocycles. The smallest absolute Gasteiger partial charge is 0.407 e. The molecule has 326 valence electrons. The number of nitrogens with zero attached hydrogens (tertiary/aromatic N) is 2. The fraction of sp³-hybridized carbons (Fsp3) is 0.531. The summed E-state index contributed by atoms with van der Waals surface area (Å²) in [6, 6.07) is 26.2. The maximum Gasteiger partial charge on any atom is 0.407 e. The Morgan fingerprint density at radius 2 is 1.02 bits per heavy atom. The van der Waals surface area contributed by atoms with Gasteiger partial charge in [-0.2, -0.15) is 0 Å². The Hall–Kier alpha value is -5.23. The van der Waals surface area contributed by atoms with E-state index in [4.69, 9.17) is 9.47 Å². The van der Waals surface area contributed by atoms with Gasteiger partial charge in [0.15, 0.2) is 0 Å². The van der Waals surface area contributed by atoms with Gasteiger partial charge in [-0.3, -0.25) is 19.2 Å². The summed E-state index contributed by atoms with van der Waals surface area (Å²) in [5.41, 5.74) is 3.10. The summed E-state index contributed by atoms with van der Waals surface area (Å²) in [7, 11) is 1.56. The highest BCUT2D eigenvalue weighted by atomic mass is 16.5. The predicted octanol–water partition coefficient (Wildman–Crippen LogP) is 6.82. The van der Waals surface area contributed by atoms with Crippen LogP contribution in [0.25, 0.3) is 0 Å². The summed E-state index contributed by atoms with van der Waals surface area (Å²) < 4.78 is 11.1. The molecule has 61 heavy (non-hydrogen) atoms. The zero-order chi connectivity index (χ0) is 42.7. The van der Waals surface area contributed by atoms with Crippen molar-refractivity contribution in [1.29, 1.82) is 0 Å². The van der Waals surface area contributed by atoms with Gasteiger partial charge in [0.1, 0.15) is 0 Å². The van der Waals surface area contributed by atoms with Gasteiger partial charge in [0.05, 0.1) is 30.6 Å². The molecule has 0 bridgehead atoms. The number of unbranched alkanes of at least 4 members (excludes halogenated alkanes) is 8. The normalized spacial score (nSPS) is 25.1. The van der Waals surface area contributed by atoms with Crippen LogP contribution in [-0.2, 0) is 19.1 Å². The summed E-state index contributed by atoms with van der Waals surface area (Å²) in [5, 5.41) is 9.25. The van der Waals surface area contributed by atoms with Gasteiger partial charge in [-0.1, -0.05) is 119 Å². The summed E-state index contributed by atoms with van der Waals surface area (Å²) in [6.45, 7) is 3.35. The zero-order valence-corrected chi connectivity index (χ0v) is 35.8. The SMILES string of the molecule is CCCCCCCCCCCOC(=O)N[C@H]1CN(C(=O)c2ccc(C(=O)N3C[C@@H](C(=O)N[C@H]4C[C@@H]4c4ccccc4)[C@H](C(=O)N[C@H]4C[C@@H]4c4ccccc4)C3)cc2)C[C@@H]1OC. The van der Waals surface area contributed by atoms with Crippen LogP contribution < -0.4 is 16.0 Å². The fourth-order valence-electron chi connectivity index (χ4n) is 9.14. The topological polar surface area (TPSA) is 146 Å². The van der Waals surface area contributed by atoms with Crippen molar-refractivity contribution in [2.45, 2.75) is 114 Å². The van der Waals surface area contributed by atoms with Crippen LogP contribution in [0.1, 0.15) is 121 Å². The number of carbonyl (C=O) groups excluding carboxylic acids is 5. The Labute approximate surface area is 360 Å². The van der Waals surface area contributed by atoms with E-state index in [1.165, 1.54) is 49.7 Å². The number of amides is 5. The van der Waals surface area contributed by atoms with Crippen LogP contribution in [0, 0.1) is 11.8 Å². The summed E-state index contributed by atoms with van der Waals surface area (Å²) in [6.07, 6.45) is 11.4. The third kappa shape index (κ3) is 11.6. The van der Waals surface area contributed by atoms with E-state index in [-0.39, 0.29) is 67.2 Å². The second-order valence-corrected chi connectivity index (χ2v) is 17.4. The lowest BCUT2D eigenvalue weighted by Gasteiger charge is -2.18. The van der Waals surface area contributed by atoms with Gasteiger partial charge in [0, 0.05) is 68.3 Å². The number of alkyl carbamates (subject to hydrolysis) is 1. The van der Waals surface area contributed by atoms with Gasteiger partial charge in [-0.05, 0) is 54.7 Å². The Balaban J connectivity index is 0.910. The van der Waals surface area contributed by atoms with Gasteiger partial charge in [-0.25, -0.2) is 4.79 Å². The second-order valence-electron chi connectivity index (χ2n) is 17.4. The molecule has 4 aliphatic rings. The third-order valence-corrected chi connectivity index (χ3v) is 13.0. The number of hydrogen-bond acceptors (Lipinski definition) is 7. The lowest BCUT2D eigenvalue weighted by Crippen LogP contribution is -2.44. The molecule has 2 heterocycles. The van der Waals surface area contributed by atoms with Gasteiger partial charge in [0.2, 0.25) is 11.8 Å². The maximum absolute atomic E-state index is 14.0. The van der Waals surface area contributed by atoms with E-state index < -0.39 is 30.1 Å². The Morgan fingerprint density at radius 3 is 1.49 bits per heavy atom. The van der Waals surface area contributed by atoms with E-state index in [9.17, 15) is 24.0 Å². The lowest BCUT2D eigenvalue weighted by molar-refractivity contribution is -0.133. The first-order chi connectivity index (χ1) is 29.7. The number of methoxy groups -OCH3 is 1. The second kappa shape index (κ2) is 21.0. The average Bonchev–Trinajstić information content (AvgIpc) is 4.14. The van der Waals surface area contributed by atoms with Crippen molar-refractivity contribution in [2.24, 2.45) is 11.8 Å². The molecule has 0 spiro atoms. The summed E-state index contributed by atoms with van der Waals surface area (Å²) >= 11 is 0. The van der Waals surface area contributed by atoms with Gasteiger partial charge >= 0.3 is 6.09 Å². The highest BCUT2D eigenvalue weighted by Gasteiger charge is 2.49. The summed E-state index contributed by atoms with van der Waals surface area (Å²) in [5.74, 6) is -1.91. The van der Waals surface area contributed by atoms with Gasteiger partial charge in [0.25, 0.3) is 11.8 Å². The highest BCUT2D eigenvalue weighted by molar-refractivity contribution is 5.99. The van der Waals surface area contributed by atoms with Crippen molar-refractivity contribution in [2.75, 3.05) is 39.9 Å². The molecule has 2 aliphatic carbocycles. The van der Waals surface area contributed by atoms with Crippen LogP contribution in [0.15, 0.2) is 84.9 Å². The molecule has 0 unspecified atom stereocenters. The van der Waals surface area contributed by atoms with E-state index in [2.05, 4.69) is 47.1 Å². The minimum atomic E-state index is -0.701. The molecular weight excluding hydrogens is 771 g/mol. The number of rotatable bonds is 20.